The third-order valence-corrected chi connectivity index (χ3v) is 3.79. The lowest BCUT2D eigenvalue weighted by atomic mass is 10.2. The highest BCUT2D eigenvalue weighted by atomic mass is 19.1. The van der Waals surface area contributed by atoms with Crippen LogP contribution in [0, 0.1) is 25.5 Å². The van der Waals surface area contributed by atoms with E-state index >= 15 is 0 Å². The van der Waals surface area contributed by atoms with E-state index in [1.807, 2.05) is 0 Å². The fourth-order valence-corrected chi connectivity index (χ4v) is 2.75. The number of nitrogens with zero attached hydrogens (tertiary/aromatic N) is 5. The van der Waals surface area contributed by atoms with Crippen molar-refractivity contribution in [1.82, 2.24) is 24.1 Å². The van der Waals surface area contributed by atoms with E-state index in [1.54, 1.807) is 19.9 Å². The first kappa shape index (κ1) is 14.4. The van der Waals surface area contributed by atoms with Crippen LogP contribution in [0.2, 0.25) is 0 Å². The average molecular weight is 327 g/mol. The monoisotopic (exact) mass is 327 g/mol. The molecule has 24 heavy (non-hydrogen) atoms. The van der Waals surface area contributed by atoms with Crippen molar-refractivity contribution in [1.29, 1.82) is 0 Å². The second-order valence-electron chi connectivity index (χ2n) is 5.41. The van der Waals surface area contributed by atoms with Crippen LogP contribution < -0.4 is 5.56 Å². The first-order chi connectivity index (χ1) is 11.5. The van der Waals surface area contributed by atoms with E-state index in [-0.39, 0.29) is 5.69 Å². The SMILES string of the molecule is Cc1nc2nc(C)c3c(=O)n(-c4ccc(F)cc4F)ccc3n2n1. The number of fused-ring (bicyclic) bond motifs is 3. The molecule has 0 N–H and O–H groups in total. The molecule has 0 unspecified atom stereocenters. The Labute approximate surface area is 134 Å². The van der Waals surface area contributed by atoms with Crippen LogP contribution in [0.25, 0.3) is 22.4 Å². The summed E-state index contributed by atoms with van der Waals surface area (Å²) in [5.41, 5.74) is 0.504. The van der Waals surface area contributed by atoms with Crippen LogP contribution in [0.4, 0.5) is 8.78 Å². The van der Waals surface area contributed by atoms with Crippen LogP contribution in [-0.2, 0) is 0 Å². The van der Waals surface area contributed by atoms with Crippen molar-refractivity contribution in [2.75, 3.05) is 0 Å². The number of benzene rings is 1. The van der Waals surface area contributed by atoms with Crippen LogP contribution in [0.3, 0.4) is 0 Å². The molecule has 8 heteroatoms. The molecule has 0 aliphatic rings. The Morgan fingerprint density at radius 1 is 1.08 bits per heavy atom. The highest BCUT2D eigenvalue weighted by molar-refractivity contribution is 5.82. The summed E-state index contributed by atoms with van der Waals surface area (Å²) in [5, 5.41) is 4.53. The van der Waals surface area contributed by atoms with E-state index in [0.717, 1.165) is 16.7 Å². The molecule has 0 amide bonds. The first-order valence-electron chi connectivity index (χ1n) is 7.16. The van der Waals surface area contributed by atoms with Gasteiger partial charge in [-0.05, 0) is 32.0 Å². The maximum Gasteiger partial charge on any atom is 0.266 e. The Hall–Kier alpha value is -3.16. The Kier molecular flexibility index (Phi) is 2.96. The van der Waals surface area contributed by atoms with E-state index in [4.69, 9.17) is 0 Å². The minimum atomic E-state index is -0.820. The van der Waals surface area contributed by atoms with Gasteiger partial charge in [0.25, 0.3) is 11.3 Å². The smallest absolute Gasteiger partial charge is 0.266 e. The summed E-state index contributed by atoms with van der Waals surface area (Å²) >= 11 is 0. The molecule has 4 rings (SSSR count). The lowest BCUT2D eigenvalue weighted by Crippen LogP contribution is -2.21. The first-order valence-corrected chi connectivity index (χ1v) is 7.16. The maximum atomic E-state index is 14.0. The second kappa shape index (κ2) is 4.92. The Balaban J connectivity index is 2.10. The van der Waals surface area contributed by atoms with Gasteiger partial charge in [-0.1, -0.05) is 0 Å². The van der Waals surface area contributed by atoms with Crippen LogP contribution in [-0.4, -0.2) is 24.1 Å². The van der Waals surface area contributed by atoms with Gasteiger partial charge in [0.1, 0.15) is 17.5 Å². The van der Waals surface area contributed by atoms with Gasteiger partial charge in [-0.25, -0.2) is 13.8 Å². The van der Waals surface area contributed by atoms with E-state index in [1.165, 1.54) is 16.8 Å². The standard InChI is InChI=1S/C16H11F2N5O/c1-8-14-13(23-16(19-8)20-9(2)21-23)5-6-22(15(14)24)12-4-3-10(17)7-11(12)18/h3-7H,1-2H3. The lowest BCUT2D eigenvalue weighted by Gasteiger charge is -2.10. The molecule has 1 aromatic carbocycles. The molecular weight excluding hydrogens is 316 g/mol. The Morgan fingerprint density at radius 2 is 1.88 bits per heavy atom. The van der Waals surface area contributed by atoms with E-state index < -0.39 is 17.2 Å². The molecule has 0 saturated heterocycles. The van der Waals surface area contributed by atoms with Crippen molar-refractivity contribution < 1.29 is 8.78 Å². The minimum absolute atomic E-state index is 0.0300. The van der Waals surface area contributed by atoms with Crippen molar-refractivity contribution >= 4 is 16.7 Å². The summed E-state index contributed by atoms with van der Waals surface area (Å²) in [6, 6.07) is 4.69. The minimum Gasteiger partial charge on any atom is -0.281 e. The predicted molar refractivity (Wildman–Crippen MR) is 83.3 cm³/mol. The van der Waals surface area contributed by atoms with Gasteiger partial charge >= 0.3 is 0 Å². The summed E-state index contributed by atoms with van der Waals surface area (Å²) < 4.78 is 29.7. The highest BCUT2D eigenvalue weighted by Gasteiger charge is 2.15. The van der Waals surface area contributed by atoms with Crippen molar-refractivity contribution in [3.63, 3.8) is 0 Å². The number of aryl methyl sites for hydroxylation is 2. The van der Waals surface area contributed by atoms with Gasteiger partial charge < -0.3 is 0 Å². The van der Waals surface area contributed by atoms with Gasteiger partial charge in [0.05, 0.1) is 22.3 Å². The van der Waals surface area contributed by atoms with Gasteiger partial charge in [0.2, 0.25) is 0 Å². The molecule has 4 aromatic rings. The molecule has 0 radical (unpaired) electrons. The zero-order valence-electron chi connectivity index (χ0n) is 12.8. The largest absolute Gasteiger partial charge is 0.281 e. The van der Waals surface area contributed by atoms with Gasteiger partial charge in [-0.3, -0.25) is 9.36 Å². The van der Waals surface area contributed by atoms with Crippen LogP contribution in [0.15, 0.2) is 35.3 Å². The maximum absolute atomic E-state index is 14.0. The second-order valence-corrected chi connectivity index (χ2v) is 5.41. The van der Waals surface area contributed by atoms with Crippen LogP contribution in [0.1, 0.15) is 11.5 Å². The zero-order valence-corrected chi connectivity index (χ0v) is 12.8. The molecule has 0 saturated carbocycles. The number of pyridine rings is 1. The number of aromatic nitrogens is 5. The van der Waals surface area contributed by atoms with Crippen molar-refractivity contribution in [3.8, 4) is 5.69 Å². The van der Waals surface area contributed by atoms with Gasteiger partial charge in [0.15, 0.2) is 0 Å². The van der Waals surface area contributed by atoms with Crippen molar-refractivity contribution in [2.45, 2.75) is 13.8 Å². The Bertz CT molecular complexity index is 1180. The topological polar surface area (TPSA) is 65.1 Å². The van der Waals surface area contributed by atoms with Gasteiger partial charge in [-0.2, -0.15) is 9.50 Å². The summed E-state index contributed by atoms with van der Waals surface area (Å²) in [7, 11) is 0. The third-order valence-electron chi connectivity index (χ3n) is 3.79. The summed E-state index contributed by atoms with van der Waals surface area (Å²) in [4.78, 5) is 21.3. The fraction of sp³-hybridized carbons (Fsp3) is 0.125. The Morgan fingerprint density at radius 3 is 2.62 bits per heavy atom. The number of rotatable bonds is 1. The summed E-state index contributed by atoms with van der Waals surface area (Å²) in [6.45, 7) is 3.41. The number of halogens is 2. The molecule has 0 atom stereocenters. The summed E-state index contributed by atoms with van der Waals surface area (Å²) in [5.74, 6) is -0.603. The molecule has 0 aliphatic heterocycles. The molecule has 6 nitrogen and oxygen atoms in total. The molecule has 0 spiro atoms. The number of hydrogen-bond donors (Lipinski definition) is 0. The molecule has 0 aliphatic carbocycles. The normalized spacial score (nSPS) is 11.5. The molecule has 0 bridgehead atoms. The van der Waals surface area contributed by atoms with E-state index in [0.29, 0.717) is 28.2 Å². The highest BCUT2D eigenvalue weighted by Crippen LogP contribution is 2.18. The predicted octanol–water partition coefficient (Wildman–Crippen LogP) is 2.32. The van der Waals surface area contributed by atoms with E-state index in [2.05, 4.69) is 15.1 Å². The molecular formula is C16H11F2N5O. The van der Waals surface area contributed by atoms with E-state index in [9.17, 15) is 13.6 Å². The fourth-order valence-electron chi connectivity index (χ4n) is 2.75. The summed E-state index contributed by atoms with van der Waals surface area (Å²) in [6.07, 6.45) is 1.43. The lowest BCUT2D eigenvalue weighted by molar-refractivity contribution is 0.577. The van der Waals surface area contributed by atoms with Gasteiger partial charge in [0, 0.05) is 12.3 Å². The van der Waals surface area contributed by atoms with Crippen molar-refractivity contribution in [3.05, 3.63) is 64.0 Å². The zero-order chi connectivity index (χ0) is 17.0. The number of hydrogen-bond acceptors (Lipinski definition) is 4. The van der Waals surface area contributed by atoms with Gasteiger partial charge in [-0.15, -0.1) is 5.10 Å². The average Bonchev–Trinajstić information content (AvgIpc) is 2.88. The molecule has 120 valence electrons. The quantitative estimate of drug-likeness (QED) is 0.538. The van der Waals surface area contributed by atoms with Crippen LogP contribution >= 0.6 is 0 Å². The third kappa shape index (κ3) is 1.99. The van der Waals surface area contributed by atoms with Crippen LogP contribution in [0.5, 0.6) is 0 Å². The molecule has 3 heterocycles. The molecule has 0 fully saturated rings. The van der Waals surface area contributed by atoms with Crippen molar-refractivity contribution in [2.24, 2.45) is 0 Å². The molecule has 3 aromatic heterocycles.